The number of halogens is 1. The van der Waals surface area contributed by atoms with Gasteiger partial charge in [0.25, 0.3) is 5.91 Å². The Morgan fingerprint density at radius 1 is 1.23 bits per heavy atom. The van der Waals surface area contributed by atoms with Gasteiger partial charge in [-0.15, -0.1) is 0 Å². The predicted octanol–water partition coefficient (Wildman–Crippen LogP) is 2.53. The van der Waals surface area contributed by atoms with Gasteiger partial charge in [-0.1, -0.05) is 30.7 Å². The van der Waals surface area contributed by atoms with Crippen LogP contribution in [0.15, 0.2) is 24.4 Å². The van der Waals surface area contributed by atoms with Crippen LogP contribution in [0, 0.1) is 6.92 Å². The summed E-state index contributed by atoms with van der Waals surface area (Å²) in [5.41, 5.74) is 1.75. The highest BCUT2D eigenvalue weighted by atomic mass is 35.5. The molecule has 1 aromatic carbocycles. The Morgan fingerprint density at radius 2 is 2.00 bits per heavy atom. The van der Waals surface area contributed by atoms with Gasteiger partial charge in [0.15, 0.2) is 0 Å². The molecule has 4 N–H and O–H groups in total. The second-order valence-electron chi connectivity index (χ2n) is 6.44. The van der Waals surface area contributed by atoms with E-state index >= 15 is 0 Å². The summed E-state index contributed by atoms with van der Waals surface area (Å²) in [4.78, 5) is 29.9. The number of benzene rings is 1. The highest BCUT2D eigenvalue weighted by molar-refractivity contribution is 6.34. The molecule has 3 aromatic rings. The van der Waals surface area contributed by atoms with Crippen LogP contribution in [-0.4, -0.2) is 48.7 Å². The Labute approximate surface area is 178 Å². The maximum atomic E-state index is 12.7. The van der Waals surface area contributed by atoms with Gasteiger partial charge < -0.3 is 20.3 Å². The van der Waals surface area contributed by atoms with Crippen molar-refractivity contribution in [1.82, 2.24) is 24.5 Å². The third-order valence-electron chi connectivity index (χ3n) is 4.30. The summed E-state index contributed by atoms with van der Waals surface area (Å²) >= 11 is 6.20. The van der Waals surface area contributed by atoms with Crippen molar-refractivity contribution in [3.05, 3.63) is 46.5 Å². The van der Waals surface area contributed by atoms with E-state index in [4.69, 9.17) is 16.7 Å². The third-order valence-corrected chi connectivity index (χ3v) is 4.61. The van der Waals surface area contributed by atoms with Crippen LogP contribution in [0.4, 0.5) is 23.5 Å². The van der Waals surface area contributed by atoms with E-state index < -0.39 is 0 Å². The Hall–Kier alpha value is -3.24. The molecular formula is C19H23ClN8O2. The van der Waals surface area contributed by atoms with Crippen LogP contribution in [0.1, 0.15) is 28.8 Å². The zero-order valence-corrected chi connectivity index (χ0v) is 17.7. The smallest absolute Gasteiger partial charge is 0.274 e. The summed E-state index contributed by atoms with van der Waals surface area (Å²) in [6, 6.07) is 5.41. The molecule has 0 atom stereocenters. The average molecular weight is 431 g/mol. The van der Waals surface area contributed by atoms with E-state index in [0.717, 1.165) is 5.56 Å². The number of amides is 1. The van der Waals surface area contributed by atoms with Crippen molar-refractivity contribution in [1.29, 1.82) is 0 Å². The van der Waals surface area contributed by atoms with Crippen LogP contribution in [0.2, 0.25) is 5.02 Å². The Kier molecular flexibility index (Phi) is 6.80. The number of hydrogen-bond acceptors (Lipinski definition) is 8. The molecule has 30 heavy (non-hydrogen) atoms. The molecular weight excluding hydrogens is 408 g/mol. The van der Waals surface area contributed by atoms with Crippen LogP contribution in [0.5, 0.6) is 0 Å². The van der Waals surface area contributed by atoms with Gasteiger partial charge in [-0.05, 0) is 18.6 Å². The first kappa shape index (κ1) is 21.5. The second kappa shape index (κ2) is 9.51. The van der Waals surface area contributed by atoms with Gasteiger partial charge in [-0.2, -0.15) is 15.0 Å². The Balaban J connectivity index is 1.81. The molecule has 0 saturated carbocycles. The third kappa shape index (κ3) is 4.84. The molecule has 2 aromatic heterocycles. The van der Waals surface area contributed by atoms with Crippen molar-refractivity contribution in [2.45, 2.75) is 20.3 Å². The molecule has 0 aliphatic heterocycles. The predicted molar refractivity (Wildman–Crippen MR) is 115 cm³/mol. The lowest BCUT2D eigenvalue weighted by atomic mass is 10.2. The van der Waals surface area contributed by atoms with Gasteiger partial charge >= 0.3 is 0 Å². The molecule has 0 radical (unpaired) electrons. The fourth-order valence-corrected chi connectivity index (χ4v) is 2.95. The molecule has 11 heteroatoms. The standard InChI is InChI=1S/C19H23ClN8O2/c1-4-14-23-17(21-8-9-29)26-18(24-14)27-19-22-10-13(28(19)3)16(30)25-15-11(2)6-5-7-12(15)20/h5-7,10,29H,4,8-9H2,1-3H3,(H,25,30)(H2,21,22,23,24,26,27). The number of carbonyl (C=O) groups is 1. The number of imidazole rings is 1. The van der Waals surface area contributed by atoms with E-state index in [0.29, 0.717) is 47.1 Å². The van der Waals surface area contributed by atoms with Crippen LogP contribution in [0.3, 0.4) is 0 Å². The molecule has 2 heterocycles. The monoisotopic (exact) mass is 430 g/mol. The van der Waals surface area contributed by atoms with Crippen LogP contribution in [-0.2, 0) is 13.5 Å². The van der Waals surface area contributed by atoms with Crippen molar-refractivity contribution < 1.29 is 9.90 Å². The van der Waals surface area contributed by atoms with Crippen molar-refractivity contribution >= 4 is 41.0 Å². The molecule has 0 unspecified atom stereocenters. The van der Waals surface area contributed by atoms with Crippen molar-refractivity contribution in [2.24, 2.45) is 7.05 Å². The van der Waals surface area contributed by atoms with Crippen LogP contribution < -0.4 is 16.0 Å². The van der Waals surface area contributed by atoms with E-state index in [1.165, 1.54) is 6.20 Å². The van der Waals surface area contributed by atoms with E-state index in [-0.39, 0.29) is 18.5 Å². The van der Waals surface area contributed by atoms with E-state index in [9.17, 15) is 4.79 Å². The number of para-hydroxylation sites is 1. The number of aliphatic hydroxyl groups excluding tert-OH is 1. The number of aryl methyl sites for hydroxylation is 2. The number of rotatable bonds is 8. The quantitative estimate of drug-likeness (QED) is 0.429. The first-order chi connectivity index (χ1) is 14.4. The summed E-state index contributed by atoms with van der Waals surface area (Å²) in [5, 5.41) is 18.2. The summed E-state index contributed by atoms with van der Waals surface area (Å²) in [7, 11) is 1.70. The van der Waals surface area contributed by atoms with Gasteiger partial charge in [0, 0.05) is 20.0 Å². The lowest BCUT2D eigenvalue weighted by molar-refractivity contribution is 0.101. The average Bonchev–Trinajstić information content (AvgIpc) is 3.09. The maximum Gasteiger partial charge on any atom is 0.274 e. The zero-order valence-electron chi connectivity index (χ0n) is 16.9. The van der Waals surface area contributed by atoms with E-state index in [1.54, 1.807) is 17.7 Å². The molecule has 10 nitrogen and oxygen atoms in total. The topological polar surface area (TPSA) is 130 Å². The minimum Gasteiger partial charge on any atom is -0.395 e. The highest BCUT2D eigenvalue weighted by Crippen LogP contribution is 2.26. The number of nitrogens with zero attached hydrogens (tertiary/aromatic N) is 5. The number of hydrogen-bond donors (Lipinski definition) is 4. The molecule has 0 bridgehead atoms. The fourth-order valence-electron chi connectivity index (χ4n) is 2.69. The zero-order chi connectivity index (χ0) is 21.7. The van der Waals surface area contributed by atoms with Gasteiger partial charge in [0.2, 0.25) is 17.8 Å². The molecule has 0 saturated heterocycles. The van der Waals surface area contributed by atoms with Crippen molar-refractivity contribution in [3.63, 3.8) is 0 Å². The van der Waals surface area contributed by atoms with E-state index in [2.05, 4.69) is 35.9 Å². The summed E-state index contributed by atoms with van der Waals surface area (Å²) in [6.45, 7) is 4.07. The number of nitrogens with one attached hydrogen (secondary N) is 3. The van der Waals surface area contributed by atoms with Crippen molar-refractivity contribution in [3.8, 4) is 0 Å². The SMILES string of the molecule is CCc1nc(NCCO)nc(Nc2ncc(C(=O)Nc3c(C)cccc3Cl)n2C)n1. The largest absolute Gasteiger partial charge is 0.395 e. The number of aromatic nitrogens is 5. The maximum absolute atomic E-state index is 12.7. The number of carbonyl (C=O) groups excluding carboxylic acids is 1. The van der Waals surface area contributed by atoms with Gasteiger partial charge in [0.1, 0.15) is 11.5 Å². The highest BCUT2D eigenvalue weighted by Gasteiger charge is 2.17. The normalized spacial score (nSPS) is 10.7. The minimum atomic E-state index is -0.343. The number of anilines is 4. The van der Waals surface area contributed by atoms with Gasteiger partial charge in [0.05, 0.1) is 23.5 Å². The lowest BCUT2D eigenvalue weighted by Gasteiger charge is -2.11. The first-order valence-corrected chi connectivity index (χ1v) is 9.75. The van der Waals surface area contributed by atoms with Crippen LogP contribution in [0.25, 0.3) is 0 Å². The minimum absolute atomic E-state index is 0.0430. The van der Waals surface area contributed by atoms with E-state index in [1.807, 2.05) is 26.0 Å². The Morgan fingerprint density at radius 3 is 2.70 bits per heavy atom. The van der Waals surface area contributed by atoms with Crippen LogP contribution >= 0.6 is 11.6 Å². The summed E-state index contributed by atoms with van der Waals surface area (Å²) in [6.07, 6.45) is 2.06. The molecule has 0 spiro atoms. The van der Waals surface area contributed by atoms with Gasteiger partial charge in [-0.3, -0.25) is 10.1 Å². The molecule has 158 valence electrons. The molecule has 0 fully saturated rings. The molecule has 1 amide bonds. The summed E-state index contributed by atoms with van der Waals surface area (Å²) < 4.78 is 1.59. The van der Waals surface area contributed by atoms with Crippen molar-refractivity contribution in [2.75, 3.05) is 29.1 Å². The first-order valence-electron chi connectivity index (χ1n) is 9.37. The fraction of sp³-hybridized carbons (Fsp3) is 0.316. The number of aliphatic hydroxyl groups is 1. The molecule has 0 aliphatic carbocycles. The van der Waals surface area contributed by atoms with Gasteiger partial charge in [-0.25, -0.2) is 4.98 Å². The second-order valence-corrected chi connectivity index (χ2v) is 6.85. The lowest BCUT2D eigenvalue weighted by Crippen LogP contribution is -2.17. The summed E-state index contributed by atoms with van der Waals surface area (Å²) in [5.74, 6) is 1.25. The Bertz CT molecular complexity index is 1030. The molecule has 0 aliphatic rings. The molecule has 3 rings (SSSR count).